The van der Waals surface area contributed by atoms with Gasteiger partial charge in [-0.25, -0.2) is 9.80 Å². The van der Waals surface area contributed by atoms with Crippen molar-refractivity contribution < 1.29 is 43.0 Å². The van der Waals surface area contributed by atoms with Gasteiger partial charge in [0.1, 0.15) is 18.1 Å². The van der Waals surface area contributed by atoms with Crippen LogP contribution in [0.4, 0.5) is 10.5 Å². The van der Waals surface area contributed by atoms with E-state index in [-0.39, 0.29) is 38.6 Å². The predicted octanol–water partition coefficient (Wildman–Crippen LogP) is 1.51. The highest BCUT2D eigenvalue weighted by Crippen LogP contribution is 2.24. The summed E-state index contributed by atoms with van der Waals surface area (Å²) >= 11 is 0. The molecule has 1 aromatic carbocycles. The van der Waals surface area contributed by atoms with E-state index in [9.17, 15) is 19.7 Å². The van der Waals surface area contributed by atoms with E-state index in [2.05, 4.69) is 5.10 Å². The number of rotatable bonds is 18. The van der Waals surface area contributed by atoms with Crippen LogP contribution in [-0.2, 0) is 23.7 Å². The molecule has 14 heteroatoms. The molecule has 2 aromatic rings. The van der Waals surface area contributed by atoms with Gasteiger partial charge in [-0.3, -0.25) is 19.8 Å². The zero-order valence-electron chi connectivity index (χ0n) is 20.7. The minimum atomic E-state index is -0.562. The van der Waals surface area contributed by atoms with E-state index in [0.29, 0.717) is 56.7 Å². The zero-order chi connectivity index (χ0) is 27.2. The number of non-ortho nitro benzene ring substituents is 1. The molecule has 0 aliphatic carbocycles. The molecule has 0 spiro atoms. The van der Waals surface area contributed by atoms with Crippen LogP contribution in [0.5, 0.6) is 0 Å². The van der Waals surface area contributed by atoms with Gasteiger partial charge in [0, 0.05) is 17.7 Å². The van der Waals surface area contributed by atoms with Crippen LogP contribution in [0.25, 0.3) is 11.3 Å². The SMILES string of the molecule is O=C1CN(/N=C/c2ccc(-c3ccc([N+](=O)[O-])cc3)o2)C(=O)N1CCOCCOCCOCCOCCO. The van der Waals surface area contributed by atoms with Crippen molar-refractivity contribution in [1.82, 2.24) is 9.91 Å². The topological polar surface area (TPSA) is 166 Å². The van der Waals surface area contributed by atoms with E-state index in [1.54, 1.807) is 24.3 Å². The highest BCUT2D eigenvalue weighted by atomic mass is 16.6. The van der Waals surface area contributed by atoms with Gasteiger partial charge < -0.3 is 28.5 Å². The second-order valence-electron chi connectivity index (χ2n) is 7.81. The number of nitro benzene ring substituents is 1. The monoisotopic (exact) mass is 534 g/mol. The first-order valence-corrected chi connectivity index (χ1v) is 11.9. The maximum atomic E-state index is 12.5. The molecule has 0 bridgehead atoms. The number of aliphatic hydroxyl groups excluding tert-OH is 1. The maximum absolute atomic E-state index is 12.5. The summed E-state index contributed by atoms with van der Waals surface area (Å²) in [5.41, 5.74) is 0.620. The number of urea groups is 1. The number of carbonyl (C=O) groups excluding carboxylic acids is 2. The number of imide groups is 1. The van der Waals surface area contributed by atoms with Gasteiger partial charge >= 0.3 is 6.03 Å². The summed E-state index contributed by atoms with van der Waals surface area (Å²) in [5.74, 6) is 0.434. The number of hydrogen-bond donors (Lipinski definition) is 1. The number of amides is 3. The van der Waals surface area contributed by atoms with Gasteiger partial charge in [0.15, 0.2) is 0 Å². The zero-order valence-corrected chi connectivity index (χ0v) is 20.7. The Morgan fingerprint density at radius 2 is 1.53 bits per heavy atom. The fourth-order valence-electron chi connectivity index (χ4n) is 3.27. The van der Waals surface area contributed by atoms with E-state index >= 15 is 0 Å². The Balaban J connectivity index is 1.32. The molecule has 1 aromatic heterocycles. The lowest BCUT2D eigenvalue weighted by Gasteiger charge is -2.14. The maximum Gasteiger partial charge on any atom is 0.347 e. The van der Waals surface area contributed by atoms with Gasteiger partial charge in [0.25, 0.3) is 11.6 Å². The third-order valence-corrected chi connectivity index (χ3v) is 5.16. The lowest BCUT2D eigenvalue weighted by molar-refractivity contribution is -0.384. The van der Waals surface area contributed by atoms with Crippen molar-refractivity contribution in [3.8, 4) is 11.3 Å². The third-order valence-electron chi connectivity index (χ3n) is 5.16. The number of hydrogen-bond acceptors (Lipinski definition) is 11. The smallest absolute Gasteiger partial charge is 0.347 e. The molecule has 1 fully saturated rings. The van der Waals surface area contributed by atoms with Crippen LogP contribution in [0.1, 0.15) is 5.76 Å². The fraction of sp³-hybridized carbons (Fsp3) is 0.458. The Labute approximate surface area is 218 Å². The number of nitro groups is 1. The molecule has 0 saturated carbocycles. The van der Waals surface area contributed by atoms with Gasteiger partial charge in [-0.1, -0.05) is 0 Å². The van der Waals surface area contributed by atoms with E-state index in [1.165, 1.54) is 18.3 Å². The highest BCUT2D eigenvalue weighted by molar-refractivity contribution is 6.02. The van der Waals surface area contributed by atoms with Crippen molar-refractivity contribution in [2.75, 3.05) is 72.6 Å². The molecular formula is C24H30N4O10. The van der Waals surface area contributed by atoms with Crippen molar-refractivity contribution in [2.24, 2.45) is 5.10 Å². The molecule has 3 rings (SSSR count). The Morgan fingerprint density at radius 3 is 2.13 bits per heavy atom. The number of nitrogens with zero attached hydrogens (tertiary/aromatic N) is 4. The molecule has 206 valence electrons. The van der Waals surface area contributed by atoms with Crippen molar-refractivity contribution >= 4 is 23.8 Å². The van der Waals surface area contributed by atoms with E-state index in [0.717, 1.165) is 9.91 Å². The molecule has 2 heterocycles. The third kappa shape index (κ3) is 9.00. The number of benzene rings is 1. The van der Waals surface area contributed by atoms with Crippen LogP contribution >= 0.6 is 0 Å². The summed E-state index contributed by atoms with van der Waals surface area (Å²) in [5, 5.41) is 24.5. The predicted molar refractivity (Wildman–Crippen MR) is 133 cm³/mol. The highest BCUT2D eigenvalue weighted by Gasteiger charge is 2.35. The van der Waals surface area contributed by atoms with Crippen molar-refractivity contribution in [1.29, 1.82) is 0 Å². The number of carbonyl (C=O) groups is 2. The van der Waals surface area contributed by atoms with Crippen LogP contribution in [0, 0.1) is 10.1 Å². The largest absolute Gasteiger partial charge is 0.455 e. The Hall–Kier alpha value is -3.69. The summed E-state index contributed by atoms with van der Waals surface area (Å²) in [6, 6.07) is 8.64. The molecule has 1 N–H and O–H groups in total. The molecule has 0 unspecified atom stereocenters. The number of aliphatic hydroxyl groups is 1. The Kier molecular flexibility index (Phi) is 11.8. The summed E-state index contributed by atoms with van der Waals surface area (Å²) in [6.07, 6.45) is 1.32. The number of hydrazone groups is 1. The molecule has 38 heavy (non-hydrogen) atoms. The minimum absolute atomic E-state index is 0.0168. The van der Waals surface area contributed by atoms with Crippen molar-refractivity contribution in [3.63, 3.8) is 0 Å². The summed E-state index contributed by atoms with van der Waals surface area (Å²) in [4.78, 5) is 36.1. The molecule has 1 aliphatic rings. The fourth-order valence-corrected chi connectivity index (χ4v) is 3.27. The number of furan rings is 1. The quantitative estimate of drug-likeness (QED) is 0.0973. The minimum Gasteiger partial charge on any atom is -0.455 e. The van der Waals surface area contributed by atoms with Gasteiger partial charge in [-0.2, -0.15) is 5.10 Å². The average molecular weight is 535 g/mol. The van der Waals surface area contributed by atoms with Crippen LogP contribution in [0.3, 0.4) is 0 Å². The summed E-state index contributed by atoms with van der Waals surface area (Å²) < 4.78 is 26.8. The molecule has 14 nitrogen and oxygen atoms in total. The van der Waals surface area contributed by atoms with E-state index in [4.69, 9.17) is 28.5 Å². The first kappa shape index (κ1) is 28.9. The van der Waals surface area contributed by atoms with Crippen molar-refractivity contribution in [2.45, 2.75) is 0 Å². The normalized spacial score (nSPS) is 13.8. The average Bonchev–Trinajstić information content (AvgIpc) is 3.50. The second-order valence-corrected chi connectivity index (χ2v) is 7.81. The second kappa shape index (κ2) is 15.5. The molecule has 1 saturated heterocycles. The first-order chi connectivity index (χ1) is 18.5. The first-order valence-electron chi connectivity index (χ1n) is 11.9. The van der Waals surface area contributed by atoms with Crippen LogP contribution in [0.15, 0.2) is 45.9 Å². The molecule has 0 atom stereocenters. The molecule has 0 radical (unpaired) electrons. The van der Waals surface area contributed by atoms with E-state index in [1.807, 2.05) is 0 Å². The molecule has 1 aliphatic heterocycles. The molecule has 3 amide bonds. The van der Waals surface area contributed by atoms with Gasteiger partial charge in [-0.05, 0) is 24.3 Å². The van der Waals surface area contributed by atoms with Crippen LogP contribution in [0.2, 0.25) is 0 Å². The molecular weight excluding hydrogens is 504 g/mol. The summed E-state index contributed by atoms with van der Waals surface area (Å²) in [6.45, 7) is 2.60. The number of ether oxygens (including phenoxy) is 4. The lowest BCUT2D eigenvalue weighted by atomic mass is 10.1. The van der Waals surface area contributed by atoms with E-state index < -0.39 is 16.9 Å². The Bertz CT molecular complexity index is 1070. The van der Waals surface area contributed by atoms with Crippen LogP contribution < -0.4 is 0 Å². The lowest BCUT2D eigenvalue weighted by Crippen LogP contribution is -2.34. The standard InChI is InChI=1S/C24H30N4O10/c29-8-10-35-12-14-37-16-15-36-13-11-34-9-7-26-23(30)18-27(24(26)31)25-17-21-5-6-22(38-21)19-1-3-20(4-2-19)28(32)33/h1-6,17,29H,7-16,18H2/b25-17+. The summed E-state index contributed by atoms with van der Waals surface area (Å²) in [7, 11) is 0. The van der Waals surface area contributed by atoms with Crippen molar-refractivity contribution in [3.05, 3.63) is 52.3 Å². The van der Waals surface area contributed by atoms with Gasteiger partial charge in [-0.15, -0.1) is 0 Å². The van der Waals surface area contributed by atoms with Gasteiger partial charge in [0.05, 0.1) is 77.1 Å². The Morgan fingerprint density at radius 1 is 0.921 bits per heavy atom. The van der Waals surface area contributed by atoms with Crippen LogP contribution in [-0.4, -0.2) is 111 Å². The van der Waals surface area contributed by atoms with Gasteiger partial charge in [0.2, 0.25) is 0 Å².